The molecule has 39 heavy (non-hydrogen) atoms. The zero-order valence-electron chi connectivity index (χ0n) is 22.4. The number of aromatic nitrogens is 3. The smallest absolute Gasteiger partial charge is 0.248 e. The van der Waals surface area contributed by atoms with Crippen LogP contribution in [0, 0.1) is 6.92 Å². The van der Waals surface area contributed by atoms with Gasteiger partial charge >= 0.3 is 0 Å². The van der Waals surface area contributed by atoms with Gasteiger partial charge in [0.2, 0.25) is 11.8 Å². The van der Waals surface area contributed by atoms with Gasteiger partial charge < -0.3 is 0 Å². The van der Waals surface area contributed by atoms with Crippen LogP contribution >= 0.6 is 11.8 Å². The van der Waals surface area contributed by atoms with Crippen LogP contribution < -0.4 is 4.90 Å². The first-order chi connectivity index (χ1) is 18.9. The van der Waals surface area contributed by atoms with E-state index in [2.05, 4.69) is 48.0 Å². The Balaban J connectivity index is 1.18. The van der Waals surface area contributed by atoms with Gasteiger partial charge in [0, 0.05) is 12.0 Å². The maximum atomic E-state index is 12.7. The Hall–Kier alpha value is -4.04. The number of benzene rings is 3. The number of nitrogens with zero attached hydrogens (tertiary/aromatic N) is 5. The van der Waals surface area contributed by atoms with Gasteiger partial charge in [0.05, 0.1) is 17.1 Å². The molecule has 0 spiro atoms. The first-order valence-electron chi connectivity index (χ1n) is 13.1. The standard InChI is InChI=1S/C31H31N5O2S/c1-21(2)26-8-4-5-9-27(26)36-29(38)19-39-31(36)33-28(37)10-6-7-23-13-15-24(16-14-23)30-32-20-35(34-30)25-17-11-22(3)12-18-25/h4-5,8-9,11-18,20-21H,6-7,10,19H2,1-3H3. The summed E-state index contributed by atoms with van der Waals surface area (Å²) in [5, 5.41) is 5.08. The lowest BCUT2D eigenvalue weighted by Crippen LogP contribution is -2.31. The molecule has 0 atom stereocenters. The summed E-state index contributed by atoms with van der Waals surface area (Å²) < 4.78 is 1.77. The summed E-state index contributed by atoms with van der Waals surface area (Å²) in [6.07, 6.45) is 3.48. The minimum Gasteiger partial charge on any atom is -0.273 e. The number of anilines is 1. The topological polar surface area (TPSA) is 80.4 Å². The van der Waals surface area contributed by atoms with Crippen molar-refractivity contribution in [1.29, 1.82) is 0 Å². The molecule has 3 aromatic carbocycles. The van der Waals surface area contributed by atoms with Crippen molar-refractivity contribution in [2.75, 3.05) is 10.7 Å². The summed E-state index contributed by atoms with van der Waals surface area (Å²) in [5.74, 6) is 0.964. The van der Waals surface area contributed by atoms with Crippen molar-refractivity contribution < 1.29 is 9.59 Å². The van der Waals surface area contributed by atoms with Crippen LogP contribution in [0.5, 0.6) is 0 Å². The summed E-state index contributed by atoms with van der Waals surface area (Å²) in [7, 11) is 0. The summed E-state index contributed by atoms with van der Waals surface area (Å²) in [6.45, 7) is 6.24. The highest BCUT2D eigenvalue weighted by Crippen LogP contribution is 2.33. The van der Waals surface area contributed by atoms with Crippen molar-refractivity contribution in [3.63, 3.8) is 0 Å². The van der Waals surface area contributed by atoms with Crippen molar-refractivity contribution in [2.45, 2.75) is 46.0 Å². The van der Waals surface area contributed by atoms with E-state index >= 15 is 0 Å². The van der Waals surface area contributed by atoms with Gasteiger partial charge in [-0.2, -0.15) is 4.99 Å². The van der Waals surface area contributed by atoms with Crippen LogP contribution in [-0.4, -0.2) is 37.5 Å². The molecule has 2 amide bonds. The normalized spacial score (nSPS) is 14.5. The zero-order chi connectivity index (χ0) is 27.4. The minimum absolute atomic E-state index is 0.0436. The highest BCUT2D eigenvalue weighted by molar-refractivity contribution is 8.15. The van der Waals surface area contributed by atoms with Crippen molar-refractivity contribution in [3.05, 3.63) is 95.8 Å². The van der Waals surface area contributed by atoms with Crippen molar-refractivity contribution in [2.24, 2.45) is 4.99 Å². The molecule has 8 heteroatoms. The van der Waals surface area contributed by atoms with Gasteiger partial charge in [-0.25, -0.2) is 9.67 Å². The van der Waals surface area contributed by atoms with E-state index in [0.29, 0.717) is 29.6 Å². The number of amides is 2. The fourth-order valence-electron chi connectivity index (χ4n) is 4.51. The molecule has 4 aromatic rings. The Kier molecular flexibility index (Phi) is 8.02. The van der Waals surface area contributed by atoms with Gasteiger partial charge in [-0.1, -0.05) is 85.8 Å². The lowest BCUT2D eigenvalue weighted by molar-refractivity contribution is -0.117. The lowest BCUT2D eigenvalue weighted by Gasteiger charge is -2.21. The van der Waals surface area contributed by atoms with E-state index in [-0.39, 0.29) is 17.7 Å². The molecule has 1 aromatic heterocycles. The Morgan fingerprint density at radius 3 is 2.51 bits per heavy atom. The number of thioether (sulfide) groups is 1. The zero-order valence-corrected chi connectivity index (χ0v) is 23.2. The molecule has 0 saturated carbocycles. The van der Waals surface area contributed by atoms with Crippen LogP contribution in [0.2, 0.25) is 0 Å². The summed E-state index contributed by atoms with van der Waals surface area (Å²) in [6, 6.07) is 24.1. The molecule has 5 rings (SSSR count). The maximum absolute atomic E-state index is 12.7. The van der Waals surface area contributed by atoms with E-state index in [9.17, 15) is 9.59 Å². The molecule has 1 aliphatic rings. The second kappa shape index (κ2) is 11.8. The number of aryl methyl sites for hydroxylation is 2. The lowest BCUT2D eigenvalue weighted by atomic mass is 10.0. The number of para-hydroxylation sites is 1. The van der Waals surface area contributed by atoms with E-state index < -0.39 is 0 Å². The predicted molar refractivity (Wildman–Crippen MR) is 157 cm³/mol. The van der Waals surface area contributed by atoms with E-state index in [4.69, 9.17) is 0 Å². The number of amidine groups is 1. The van der Waals surface area contributed by atoms with Crippen molar-refractivity contribution in [3.8, 4) is 17.1 Å². The number of carbonyl (C=O) groups excluding carboxylic acids is 2. The molecule has 1 fully saturated rings. The maximum Gasteiger partial charge on any atom is 0.248 e. The molecule has 0 radical (unpaired) electrons. The second-order valence-corrected chi connectivity index (χ2v) is 10.9. The molecule has 0 N–H and O–H groups in total. The van der Waals surface area contributed by atoms with Crippen molar-refractivity contribution in [1.82, 2.24) is 14.8 Å². The molecule has 1 saturated heterocycles. The van der Waals surface area contributed by atoms with Gasteiger partial charge in [0.15, 0.2) is 11.0 Å². The van der Waals surface area contributed by atoms with E-state index in [1.807, 2.05) is 60.7 Å². The number of aliphatic imine (C=N–C) groups is 1. The van der Waals surface area contributed by atoms with Crippen LogP contribution in [0.3, 0.4) is 0 Å². The molecule has 0 unspecified atom stereocenters. The van der Waals surface area contributed by atoms with Crippen LogP contribution in [-0.2, 0) is 16.0 Å². The summed E-state index contributed by atoms with van der Waals surface area (Å²) >= 11 is 1.32. The third-order valence-corrected chi connectivity index (χ3v) is 7.57. The average Bonchev–Trinajstić information content (AvgIpc) is 3.56. The number of hydrogen-bond acceptors (Lipinski definition) is 5. The number of carbonyl (C=O) groups is 2. The first kappa shape index (κ1) is 26.6. The average molecular weight is 538 g/mol. The van der Waals surface area contributed by atoms with Crippen LogP contribution in [0.1, 0.15) is 49.3 Å². The minimum atomic E-state index is -0.207. The Labute approximate surface area is 233 Å². The number of rotatable bonds is 8. The van der Waals surface area contributed by atoms with Gasteiger partial charge in [0.25, 0.3) is 0 Å². The largest absolute Gasteiger partial charge is 0.273 e. The SMILES string of the molecule is Cc1ccc(-n2cnc(-c3ccc(CCCC(=O)N=C4SCC(=O)N4c4ccccc4C(C)C)cc3)n2)cc1. The van der Waals surface area contributed by atoms with E-state index in [0.717, 1.165) is 34.5 Å². The highest BCUT2D eigenvalue weighted by atomic mass is 32.2. The molecular formula is C31H31N5O2S. The van der Waals surface area contributed by atoms with Gasteiger partial charge in [-0.3, -0.25) is 14.5 Å². The molecule has 2 heterocycles. The Morgan fingerprint density at radius 2 is 1.77 bits per heavy atom. The summed E-state index contributed by atoms with van der Waals surface area (Å²) in [4.78, 5) is 35.8. The first-order valence-corrected chi connectivity index (χ1v) is 14.1. The molecule has 7 nitrogen and oxygen atoms in total. The van der Waals surface area contributed by atoms with E-state index in [1.54, 1.807) is 15.9 Å². The molecule has 0 bridgehead atoms. The fourth-order valence-corrected chi connectivity index (χ4v) is 5.38. The Bertz CT molecular complexity index is 1510. The van der Waals surface area contributed by atoms with E-state index in [1.165, 1.54) is 17.3 Å². The van der Waals surface area contributed by atoms with Crippen LogP contribution in [0.15, 0.2) is 84.1 Å². The third-order valence-electron chi connectivity index (χ3n) is 6.64. The Morgan fingerprint density at radius 1 is 1.03 bits per heavy atom. The summed E-state index contributed by atoms with van der Waals surface area (Å²) in [5.41, 5.74) is 6.12. The van der Waals surface area contributed by atoms with Gasteiger partial charge in [-0.05, 0) is 55.0 Å². The predicted octanol–water partition coefficient (Wildman–Crippen LogP) is 6.35. The molecular weight excluding hydrogens is 506 g/mol. The fraction of sp³-hybridized carbons (Fsp3) is 0.258. The van der Waals surface area contributed by atoms with Crippen LogP contribution in [0.4, 0.5) is 5.69 Å². The molecule has 1 aliphatic heterocycles. The highest BCUT2D eigenvalue weighted by Gasteiger charge is 2.32. The monoisotopic (exact) mass is 537 g/mol. The van der Waals surface area contributed by atoms with Gasteiger partial charge in [-0.15, -0.1) is 5.10 Å². The third kappa shape index (κ3) is 6.17. The number of hydrogen-bond donors (Lipinski definition) is 0. The quantitative estimate of drug-likeness (QED) is 0.262. The molecule has 198 valence electrons. The molecule has 0 aliphatic carbocycles. The second-order valence-electron chi connectivity index (χ2n) is 9.92. The van der Waals surface area contributed by atoms with Crippen molar-refractivity contribution >= 4 is 34.4 Å². The van der Waals surface area contributed by atoms with Gasteiger partial charge in [0.1, 0.15) is 6.33 Å². The van der Waals surface area contributed by atoms with Crippen LogP contribution in [0.25, 0.3) is 17.1 Å².